The maximum atomic E-state index is 4.39. The van der Waals surface area contributed by atoms with Crippen molar-refractivity contribution in [1.29, 1.82) is 0 Å². The number of nitrogens with one attached hydrogen (secondary N) is 1. The quantitative estimate of drug-likeness (QED) is 0.496. The van der Waals surface area contributed by atoms with E-state index in [4.69, 9.17) is 0 Å². The number of aromatic amines is 1. The number of H-pyrrole nitrogens is 1. The molecule has 3 rings (SSSR count). The van der Waals surface area contributed by atoms with E-state index in [0.717, 1.165) is 5.56 Å². The van der Waals surface area contributed by atoms with Crippen LogP contribution in [0.25, 0.3) is 22.6 Å². The minimum absolute atomic E-state index is 0.588. The fourth-order valence-corrected chi connectivity index (χ4v) is 1.80. The van der Waals surface area contributed by atoms with E-state index >= 15 is 0 Å². The smallest absolute Gasteiger partial charge is 0.162 e. The average molecular weight is 228 g/mol. The van der Waals surface area contributed by atoms with Crippen LogP contribution in [0.1, 0.15) is 0 Å². The van der Waals surface area contributed by atoms with Gasteiger partial charge in [-0.2, -0.15) is 0 Å². The van der Waals surface area contributed by atoms with E-state index < -0.39 is 0 Å². The molecule has 0 spiro atoms. The zero-order valence-corrected chi connectivity index (χ0v) is 9.15. The van der Waals surface area contributed by atoms with Gasteiger partial charge in [-0.15, -0.1) is 12.6 Å². The van der Waals surface area contributed by atoms with Crippen molar-refractivity contribution in [2.75, 3.05) is 0 Å². The van der Waals surface area contributed by atoms with Gasteiger partial charge in [-0.1, -0.05) is 30.3 Å². The van der Waals surface area contributed by atoms with Crippen LogP contribution in [0.2, 0.25) is 0 Å². The number of rotatable bonds is 1. The van der Waals surface area contributed by atoms with E-state index in [9.17, 15) is 0 Å². The first-order valence-corrected chi connectivity index (χ1v) is 5.25. The summed E-state index contributed by atoms with van der Waals surface area (Å²) in [5, 5.41) is 0.588. The first-order chi connectivity index (χ1) is 7.84. The Morgan fingerprint density at radius 3 is 2.69 bits per heavy atom. The van der Waals surface area contributed by atoms with Gasteiger partial charge < -0.3 is 4.98 Å². The van der Waals surface area contributed by atoms with Gasteiger partial charge >= 0.3 is 0 Å². The third kappa shape index (κ3) is 1.45. The van der Waals surface area contributed by atoms with Crippen molar-refractivity contribution < 1.29 is 0 Å². The van der Waals surface area contributed by atoms with Gasteiger partial charge in [0.1, 0.15) is 10.5 Å². The van der Waals surface area contributed by atoms with Crippen LogP contribution in [0.5, 0.6) is 0 Å². The summed E-state index contributed by atoms with van der Waals surface area (Å²) in [6.45, 7) is 0. The fraction of sp³-hybridized carbons (Fsp3) is 0. The molecule has 5 heteroatoms. The molecule has 3 aromatic rings. The van der Waals surface area contributed by atoms with Gasteiger partial charge in [0, 0.05) is 5.56 Å². The molecule has 0 unspecified atom stereocenters. The molecule has 16 heavy (non-hydrogen) atoms. The van der Waals surface area contributed by atoms with Gasteiger partial charge in [0.2, 0.25) is 0 Å². The third-order valence-electron chi connectivity index (χ3n) is 2.29. The summed E-state index contributed by atoms with van der Waals surface area (Å²) in [6.07, 6.45) is 1.59. The molecule has 0 aliphatic rings. The maximum Gasteiger partial charge on any atom is 0.162 e. The Balaban J connectivity index is 2.25. The monoisotopic (exact) mass is 228 g/mol. The molecule has 1 aromatic carbocycles. The average Bonchev–Trinajstić information content (AvgIpc) is 2.79. The highest BCUT2D eigenvalue weighted by atomic mass is 32.1. The molecule has 0 radical (unpaired) electrons. The minimum atomic E-state index is 0.588. The SMILES string of the molecule is Sc1nc(-c2ccccc2)nc2[nH]cnc12. The second-order valence-electron chi connectivity index (χ2n) is 3.34. The fourth-order valence-electron chi connectivity index (χ4n) is 1.54. The lowest BCUT2D eigenvalue weighted by molar-refractivity contribution is 1.10. The molecule has 4 nitrogen and oxygen atoms in total. The number of hydrogen-bond acceptors (Lipinski definition) is 4. The molecular weight excluding hydrogens is 220 g/mol. The Labute approximate surface area is 97.2 Å². The van der Waals surface area contributed by atoms with Crippen LogP contribution in [-0.2, 0) is 0 Å². The van der Waals surface area contributed by atoms with E-state index in [1.54, 1.807) is 6.33 Å². The predicted octanol–water partition coefficient (Wildman–Crippen LogP) is 2.31. The standard InChI is InChI=1S/C11H8N4S/c16-11-8-10(13-6-12-8)14-9(15-11)7-4-2-1-3-5-7/h1-6H,(H2,12,13,14,15,16). The lowest BCUT2D eigenvalue weighted by atomic mass is 10.2. The van der Waals surface area contributed by atoms with Crippen molar-refractivity contribution in [2.24, 2.45) is 0 Å². The molecule has 0 amide bonds. The Hall–Kier alpha value is -1.88. The van der Waals surface area contributed by atoms with Crippen molar-refractivity contribution >= 4 is 23.8 Å². The van der Waals surface area contributed by atoms with E-state index in [0.29, 0.717) is 22.0 Å². The number of benzene rings is 1. The molecule has 2 aromatic heterocycles. The second-order valence-corrected chi connectivity index (χ2v) is 3.76. The minimum Gasteiger partial charge on any atom is -0.329 e. The molecule has 2 heterocycles. The predicted molar refractivity (Wildman–Crippen MR) is 64.4 cm³/mol. The molecule has 0 saturated heterocycles. The largest absolute Gasteiger partial charge is 0.329 e. The topological polar surface area (TPSA) is 54.5 Å². The molecule has 1 N–H and O–H groups in total. The summed E-state index contributed by atoms with van der Waals surface area (Å²) in [5.74, 6) is 0.655. The van der Waals surface area contributed by atoms with Gasteiger partial charge in [-0.3, -0.25) is 0 Å². The van der Waals surface area contributed by atoms with Crippen LogP contribution in [0, 0.1) is 0 Å². The lowest BCUT2D eigenvalue weighted by Crippen LogP contribution is -1.91. The molecule has 78 valence electrons. The number of nitrogens with zero attached hydrogens (tertiary/aromatic N) is 3. The third-order valence-corrected chi connectivity index (χ3v) is 2.60. The molecule has 0 aliphatic heterocycles. The summed E-state index contributed by atoms with van der Waals surface area (Å²) in [7, 11) is 0. The number of aromatic nitrogens is 4. The van der Waals surface area contributed by atoms with Crippen LogP contribution in [0.4, 0.5) is 0 Å². The first-order valence-electron chi connectivity index (χ1n) is 4.80. The molecule has 0 atom stereocenters. The Morgan fingerprint density at radius 1 is 1.06 bits per heavy atom. The van der Waals surface area contributed by atoms with Crippen LogP contribution >= 0.6 is 12.6 Å². The lowest BCUT2D eigenvalue weighted by Gasteiger charge is -2.00. The summed E-state index contributed by atoms with van der Waals surface area (Å²) in [4.78, 5) is 15.8. The number of imidazole rings is 1. The van der Waals surface area contributed by atoms with Crippen molar-refractivity contribution in [2.45, 2.75) is 5.03 Å². The van der Waals surface area contributed by atoms with Crippen LogP contribution < -0.4 is 0 Å². The molecule has 0 fully saturated rings. The Morgan fingerprint density at radius 2 is 1.88 bits per heavy atom. The molecule has 0 bridgehead atoms. The Bertz CT molecular complexity index is 633. The normalized spacial score (nSPS) is 10.8. The summed E-state index contributed by atoms with van der Waals surface area (Å²) in [5.41, 5.74) is 2.37. The van der Waals surface area contributed by atoms with Crippen molar-refractivity contribution in [3.8, 4) is 11.4 Å². The van der Waals surface area contributed by atoms with Crippen LogP contribution in [0.3, 0.4) is 0 Å². The van der Waals surface area contributed by atoms with E-state index in [1.165, 1.54) is 0 Å². The highest BCUT2D eigenvalue weighted by Gasteiger charge is 2.08. The summed E-state index contributed by atoms with van der Waals surface area (Å²) >= 11 is 4.30. The molecule has 0 aliphatic carbocycles. The van der Waals surface area contributed by atoms with Crippen molar-refractivity contribution in [1.82, 2.24) is 19.9 Å². The van der Waals surface area contributed by atoms with E-state index in [-0.39, 0.29) is 0 Å². The summed E-state index contributed by atoms with van der Waals surface area (Å²) < 4.78 is 0. The van der Waals surface area contributed by atoms with Gasteiger partial charge in [0.25, 0.3) is 0 Å². The van der Waals surface area contributed by atoms with E-state index in [1.807, 2.05) is 30.3 Å². The Kier molecular flexibility index (Phi) is 2.11. The highest BCUT2D eigenvalue weighted by Crippen LogP contribution is 2.20. The second kappa shape index (κ2) is 3.61. The zero-order valence-electron chi connectivity index (χ0n) is 8.25. The van der Waals surface area contributed by atoms with Crippen molar-refractivity contribution in [3.05, 3.63) is 36.7 Å². The summed E-state index contributed by atoms with van der Waals surface area (Å²) in [6, 6.07) is 9.79. The first kappa shape index (κ1) is 9.35. The van der Waals surface area contributed by atoms with Gasteiger partial charge in [0.05, 0.1) is 6.33 Å². The highest BCUT2D eigenvalue weighted by molar-refractivity contribution is 7.80. The molecule has 0 saturated carbocycles. The number of thiol groups is 1. The number of fused-ring (bicyclic) bond motifs is 1. The van der Waals surface area contributed by atoms with Crippen LogP contribution in [-0.4, -0.2) is 19.9 Å². The zero-order chi connectivity index (χ0) is 11.0. The molecular formula is C11H8N4S. The number of hydrogen-bond donors (Lipinski definition) is 2. The van der Waals surface area contributed by atoms with E-state index in [2.05, 4.69) is 32.6 Å². The van der Waals surface area contributed by atoms with Crippen LogP contribution in [0.15, 0.2) is 41.7 Å². The maximum absolute atomic E-state index is 4.39. The van der Waals surface area contributed by atoms with Crippen molar-refractivity contribution in [3.63, 3.8) is 0 Å². The van der Waals surface area contributed by atoms with Gasteiger partial charge in [-0.05, 0) is 0 Å². The van der Waals surface area contributed by atoms with Gasteiger partial charge in [-0.25, -0.2) is 15.0 Å². The van der Waals surface area contributed by atoms with Gasteiger partial charge in [0.15, 0.2) is 11.5 Å².